The lowest BCUT2D eigenvalue weighted by Gasteiger charge is -2.48. The van der Waals surface area contributed by atoms with E-state index < -0.39 is 0 Å². The molecule has 2 bridgehead atoms. The van der Waals surface area contributed by atoms with Crippen molar-refractivity contribution in [3.63, 3.8) is 0 Å². The summed E-state index contributed by atoms with van der Waals surface area (Å²) in [6.45, 7) is 4.26. The van der Waals surface area contributed by atoms with Crippen molar-refractivity contribution in [3.8, 4) is 0 Å². The molecule has 1 N–H and O–H groups in total. The molecule has 23 heavy (non-hydrogen) atoms. The van der Waals surface area contributed by atoms with Gasteiger partial charge in [0.05, 0.1) is 5.41 Å². The van der Waals surface area contributed by atoms with E-state index in [-0.39, 0.29) is 17.8 Å². The third-order valence-corrected chi connectivity index (χ3v) is 6.37. The monoisotopic (exact) mass is 328 g/mol. The minimum absolute atomic E-state index is 0. The Kier molecular flexibility index (Phi) is 3.23. The van der Waals surface area contributed by atoms with Gasteiger partial charge in [0.1, 0.15) is 6.29 Å². The molecular formula is C19H21ClN2O. The summed E-state index contributed by atoms with van der Waals surface area (Å²) in [7, 11) is 0. The maximum Gasteiger partial charge on any atom is 0.148 e. The van der Waals surface area contributed by atoms with Crippen LogP contribution in [0.2, 0.25) is 0 Å². The van der Waals surface area contributed by atoms with Gasteiger partial charge in [-0.15, -0.1) is 12.4 Å². The van der Waals surface area contributed by atoms with Crippen molar-refractivity contribution >= 4 is 24.4 Å². The topological polar surface area (TPSA) is 32.3 Å². The third kappa shape index (κ3) is 1.62. The number of aldehydes is 1. The molecule has 3 aliphatic heterocycles. The van der Waals surface area contributed by atoms with Gasteiger partial charge in [0, 0.05) is 42.0 Å². The molecule has 1 aromatic rings. The number of nitrogens with one attached hydrogen (secondary N) is 1. The molecule has 2 fully saturated rings. The lowest BCUT2D eigenvalue weighted by Crippen LogP contribution is -2.52. The summed E-state index contributed by atoms with van der Waals surface area (Å²) in [5, 5.41) is 3.62. The van der Waals surface area contributed by atoms with Gasteiger partial charge in [-0.1, -0.05) is 29.8 Å². The van der Waals surface area contributed by atoms with E-state index in [1.165, 1.54) is 22.5 Å². The van der Waals surface area contributed by atoms with Crippen LogP contribution < -0.4 is 5.32 Å². The second-order valence-electron chi connectivity index (χ2n) is 6.98. The number of hydrogen-bond acceptors (Lipinski definition) is 3. The summed E-state index contributed by atoms with van der Waals surface area (Å²) in [5.74, 6) is 0.312. The third-order valence-electron chi connectivity index (χ3n) is 6.37. The molecule has 3 atom stereocenters. The fraction of sp³-hybridized carbons (Fsp3) is 0.421. The van der Waals surface area contributed by atoms with Gasteiger partial charge in [0.25, 0.3) is 0 Å². The van der Waals surface area contributed by atoms with Crippen LogP contribution in [0.4, 0.5) is 5.69 Å². The first-order valence-corrected chi connectivity index (χ1v) is 8.25. The van der Waals surface area contributed by atoms with E-state index in [4.69, 9.17) is 0 Å². The Morgan fingerprint density at radius 2 is 2.17 bits per heavy atom. The molecule has 2 saturated heterocycles. The van der Waals surface area contributed by atoms with Crippen LogP contribution in [0, 0.1) is 5.92 Å². The Hall–Kier alpha value is -1.58. The molecule has 0 saturated carbocycles. The summed E-state index contributed by atoms with van der Waals surface area (Å²) in [6, 6.07) is 9.16. The van der Waals surface area contributed by atoms with Crippen molar-refractivity contribution in [1.29, 1.82) is 0 Å². The van der Waals surface area contributed by atoms with Gasteiger partial charge in [-0.25, -0.2) is 0 Å². The van der Waals surface area contributed by atoms with Crippen LogP contribution >= 0.6 is 12.4 Å². The van der Waals surface area contributed by atoms with E-state index in [0.29, 0.717) is 12.0 Å². The highest BCUT2D eigenvalue weighted by molar-refractivity contribution is 5.85. The Labute approximate surface area is 142 Å². The number of allylic oxidation sites excluding steroid dienone is 2. The van der Waals surface area contributed by atoms with E-state index in [1.807, 2.05) is 0 Å². The second kappa shape index (κ2) is 4.96. The maximum absolute atomic E-state index is 11.9. The number of fused-ring (bicyclic) bond motifs is 2. The number of benzene rings is 1. The summed E-state index contributed by atoms with van der Waals surface area (Å²) in [4.78, 5) is 14.6. The molecule has 3 heterocycles. The standard InChI is InChI=1S/C19H20N2O.ClH/c1-2-12-10-21-8-7-19-15-5-3-4-6-16(15)20-18(19)14(11-22)13(12)9-17(19)21;/h2-6,11,13,17,20H,7-10H2,1H3;1H/t13-,17-,19+;/m0./s1. The van der Waals surface area contributed by atoms with E-state index in [0.717, 1.165) is 37.8 Å². The van der Waals surface area contributed by atoms with Gasteiger partial charge in [0.2, 0.25) is 0 Å². The van der Waals surface area contributed by atoms with E-state index >= 15 is 0 Å². The minimum atomic E-state index is 0. The fourth-order valence-corrected chi connectivity index (χ4v) is 5.44. The fourth-order valence-electron chi connectivity index (χ4n) is 5.44. The number of hydrogen-bond donors (Lipinski definition) is 1. The molecule has 1 aromatic carbocycles. The van der Waals surface area contributed by atoms with Gasteiger partial charge in [0.15, 0.2) is 0 Å². The van der Waals surface area contributed by atoms with Crippen molar-refractivity contribution in [2.45, 2.75) is 31.2 Å². The van der Waals surface area contributed by atoms with Gasteiger partial charge in [-0.2, -0.15) is 0 Å². The molecule has 4 aliphatic rings. The van der Waals surface area contributed by atoms with Crippen molar-refractivity contribution in [3.05, 3.63) is 52.7 Å². The van der Waals surface area contributed by atoms with E-state index in [9.17, 15) is 4.79 Å². The van der Waals surface area contributed by atoms with Crippen molar-refractivity contribution in [2.24, 2.45) is 5.92 Å². The van der Waals surface area contributed by atoms with Gasteiger partial charge >= 0.3 is 0 Å². The van der Waals surface area contributed by atoms with Crippen LogP contribution in [0.1, 0.15) is 25.3 Å². The molecule has 1 spiro atoms. The predicted octanol–water partition coefficient (Wildman–Crippen LogP) is 3.28. The molecule has 0 radical (unpaired) electrons. The van der Waals surface area contributed by atoms with Crippen LogP contribution in [0.5, 0.6) is 0 Å². The van der Waals surface area contributed by atoms with Crippen molar-refractivity contribution in [2.75, 3.05) is 18.4 Å². The zero-order valence-corrected chi connectivity index (χ0v) is 14.0. The highest BCUT2D eigenvalue weighted by atomic mass is 35.5. The van der Waals surface area contributed by atoms with Crippen molar-refractivity contribution in [1.82, 2.24) is 4.90 Å². The molecule has 0 amide bonds. The summed E-state index contributed by atoms with van der Waals surface area (Å²) >= 11 is 0. The average Bonchev–Trinajstić information content (AvgIpc) is 3.11. The van der Waals surface area contributed by atoms with Crippen LogP contribution in [0.15, 0.2) is 47.2 Å². The van der Waals surface area contributed by atoms with E-state index in [1.54, 1.807) is 0 Å². The zero-order valence-electron chi connectivity index (χ0n) is 13.2. The largest absolute Gasteiger partial charge is 0.358 e. The van der Waals surface area contributed by atoms with Gasteiger partial charge < -0.3 is 5.32 Å². The SMILES string of the molecule is CC=C1CN2CC[C@]34C(=C(C=O)[C@H]1C[C@H]23)Nc1ccccc14.Cl. The highest BCUT2D eigenvalue weighted by Gasteiger charge is 2.60. The second-order valence-corrected chi connectivity index (χ2v) is 6.98. The Bertz CT molecular complexity index is 753. The summed E-state index contributed by atoms with van der Waals surface area (Å²) < 4.78 is 0. The number of rotatable bonds is 1. The first kappa shape index (κ1) is 15.0. The minimum Gasteiger partial charge on any atom is -0.358 e. The van der Waals surface area contributed by atoms with Crippen LogP contribution in [-0.2, 0) is 10.2 Å². The number of nitrogens with zero attached hydrogens (tertiary/aromatic N) is 1. The quantitative estimate of drug-likeness (QED) is 0.634. The van der Waals surface area contributed by atoms with Crippen molar-refractivity contribution < 1.29 is 4.79 Å². The van der Waals surface area contributed by atoms with Gasteiger partial charge in [-0.3, -0.25) is 9.69 Å². The van der Waals surface area contributed by atoms with Gasteiger partial charge in [-0.05, 0) is 31.4 Å². The number of carbonyl (C=O) groups is 1. The van der Waals surface area contributed by atoms with E-state index in [2.05, 4.69) is 47.5 Å². The normalized spacial score (nSPS) is 35.4. The first-order chi connectivity index (χ1) is 10.8. The number of para-hydroxylation sites is 1. The number of anilines is 1. The Balaban J connectivity index is 0.00000135. The molecular weight excluding hydrogens is 308 g/mol. The molecule has 4 heteroatoms. The molecule has 0 aromatic heterocycles. The molecule has 1 aliphatic carbocycles. The summed E-state index contributed by atoms with van der Waals surface area (Å²) in [6.07, 6.45) is 5.55. The van der Waals surface area contributed by atoms with Crippen LogP contribution in [0.3, 0.4) is 0 Å². The Morgan fingerprint density at radius 1 is 1.35 bits per heavy atom. The van der Waals surface area contributed by atoms with Crippen LogP contribution in [-0.4, -0.2) is 30.3 Å². The first-order valence-electron chi connectivity index (χ1n) is 8.25. The smallest absolute Gasteiger partial charge is 0.148 e. The number of carbonyl (C=O) groups excluding carboxylic acids is 1. The Morgan fingerprint density at radius 3 is 2.96 bits per heavy atom. The lowest BCUT2D eigenvalue weighted by atomic mass is 9.62. The average molecular weight is 329 g/mol. The predicted molar refractivity (Wildman–Crippen MR) is 93.9 cm³/mol. The molecule has 120 valence electrons. The zero-order chi connectivity index (χ0) is 14.9. The highest BCUT2D eigenvalue weighted by Crippen LogP contribution is 2.60. The number of halogens is 1. The lowest BCUT2D eigenvalue weighted by molar-refractivity contribution is -0.105. The number of piperidine rings is 1. The molecule has 3 nitrogen and oxygen atoms in total. The maximum atomic E-state index is 11.9. The molecule has 0 unspecified atom stereocenters. The van der Waals surface area contributed by atoms with Crippen LogP contribution in [0.25, 0.3) is 0 Å². The summed E-state index contributed by atoms with van der Waals surface area (Å²) in [5.41, 5.74) is 6.25. The molecule has 5 rings (SSSR count).